The van der Waals surface area contributed by atoms with Crippen LogP contribution in [-0.4, -0.2) is 57.0 Å². The van der Waals surface area contributed by atoms with Crippen molar-refractivity contribution < 1.29 is 19.0 Å². The third-order valence-electron chi connectivity index (χ3n) is 5.53. The molecule has 4 N–H and O–H groups in total. The van der Waals surface area contributed by atoms with Gasteiger partial charge in [-0.25, -0.2) is 18.8 Å². The summed E-state index contributed by atoms with van der Waals surface area (Å²) in [5, 5.41) is 29.6. The van der Waals surface area contributed by atoms with Crippen LogP contribution in [0.25, 0.3) is 11.3 Å². The summed E-state index contributed by atoms with van der Waals surface area (Å²) in [5.74, 6) is -0.860. The summed E-state index contributed by atoms with van der Waals surface area (Å²) in [6.45, 7) is 6.00. The molecule has 0 saturated heterocycles. The average molecular weight is 456 g/mol. The van der Waals surface area contributed by atoms with Crippen molar-refractivity contribution >= 4 is 23.0 Å². The number of amidine groups is 1. The minimum atomic E-state index is -0.734. The third kappa shape index (κ3) is 4.44. The number of nitrogens with one attached hydrogen (secondary N) is 2. The van der Waals surface area contributed by atoms with E-state index in [4.69, 9.17) is 0 Å². The first kappa shape index (κ1) is 22.8. The van der Waals surface area contributed by atoms with Gasteiger partial charge in [-0.3, -0.25) is 5.10 Å². The molecule has 33 heavy (non-hydrogen) atoms. The fraction of sp³-hybridized carbons (Fsp3) is 0.348. The first-order valence-electron chi connectivity index (χ1n) is 10.7. The van der Waals surface area contributed by atoms with Gasteiger partial charge in [0.2, 0.25) is 0 Å². The summed E-state index contributed by atoms with van der Waals surface area (Å²) in [6.07, 6.45) is 0.00166. The Hall–Kier alpha value is -3.37. The number of halogens is 2. The topological polar surface area (TPSA) is 110 Å². The number of aromatic amines is 1. The molecule has 0 radical (unpaired) electrons. The van der Waals surface area contributed by atoms with Crippen molar-refractivity contribution in [1.82, 2.24) is 15.2 Å². The molecule has 1 unspecified atom stereocenters. The van der Waals surface area contributed by atoms with Crippen molar-refractivity contribution in [3.8, 4) is 11.3 Å². The maximum atomic E-state index is 14.6. The molecule has 10 heteroatoms. The summed E-state index contributed by atoms with van der Waals surface area (Å²) in [4.78, 5) is 11.1. The Kier molecular flexibility index (Phi) is 6.39. The predicted molar refractivity (Wildman–Crippen MR) is 123 cm³/mol. The number of H-pyrrole nitrogens is 1. The molecule has 3 aromatic rings. The van der Waals surface area contributed by atoms with Gasteiger partial charge in [0.05, 0.1) is 41.0 Å². The van der Waals surface area contributed by atoms with E-state index in [1.54, 1.807) is 26.8 Å². The molecule has 0 amide bonds. The van der Waals surface area contributed by atoms with Gasteiger partial charge < -0.3 is 20.4 Å². The predicted octanol–water partition coefficient (Wildman–Crippen LogP) is 3.44. The van der Waals surface area contributed by atoms with E-state index in [9.17, 15) is 19.0 Å². The second kappa shape index (κ2) is 9.24. The normalized spacial score (nSPS) is 13.5. The molecule has 0 aliphatic carbocycles. The lowest BCUT2D eigenvalue weighted by Gasteiger charge is -2.25. The minimum absolute atomic E-state index is 0.0223. The fourth-order valence-corrected chi connectivity index (χ4v) is 3.81. The highest BCUT2D eigenvalue weighted by Gasteiger charge is 2.27. The van der Waals surface area contributed by atoms with Crippen LogP contribution in [0.5, 0.6) is 0 Å². The molecule has 1 aromatic carbocycles. The van der Waals surface area contributed by atoms with E-state index in [0.717, 1.165) is 0 Å². The van der Waals surface area contributed by atoms with E-state index in [1.807, 2.05) is 4.90 Å². The third-order valence-corrected chi connectivity index (χ3v) is 5.53. The summed E-state index contributed by atoms with van der Waals surface area (Å²) >= 11 is 0. The monoisotopic (exact) mass is 456 g/mol. The molecule has 2 aromatic heterocycles. The van der Waals surface area contributed by atoms with E-state index in [1.165, 1.54) is 18.2 Å². The van der Waals surface area contributed by atoms with Crippen LogP contribution in [0.1, 0.15) is 30.3 Å². The molecule has 0 fully saturated rings. The number of aliphatic hydroxyl groups is 2. The highest BCUT2D eigenvalue weighted by molar-refractivity contribution is 6.14. The van der Waals surface area contributed by atoms with E-state index in [0.29, 0.717) is 59.3 Å². The molecule has 1 aliphatic rings. The Morgan fingerprint density at radius 3 is 2.55 bits per heavy atom. The van der Waals surface area contributed by atoms with Gasteiger partial charge in [-0.15, -0.1) is 0 Å². The van der Waals surface area contributed by atoms with E-state index < -0.39 is 17.7 Å². The average Bonchev–Trinajstić information content (AvgIpc) is 3.02. The Morgan fingerprint density at radius 1 is 1.15 bits per heavy atom. The van der Waals surface area contributed by atoms with E-state index in [-0.39, 0.29) is 18.0 Å². The van der Waals surface area contributed by atoms with Crippen LogP contribution in [-0.2, 0) is 0 Å². The van der Waals surface area contributed by atoms with Crippen molar-refractivity contribution in [2.45, 2.75) is 33.3 Å². The number of nitrogens with zero attached hydrogens (tertiary/aromatic N) is 4. The summed E-state index contributed by atoms with van der Waals surface area (Å²) in [6, 6.07) is 5.46. The number of benzene rings is 1. The number of anilines is 2. The van der Waals surface area contributed by atoms with Gasteiger partial charge in [0, 0.05) is 18.7 Å². The van der Waals surface area contributed by atoms with Crippen LogP contribution in [0.4, 0.5) is 26.0 Å². The lowest BCUT2D eigenvalue weighted by Crippen LogP contribution is -2.30. The smallest absolute Gasteiger partial charge is 0.144 e. The highest BCUT2D eigenvalue weighted by Crippen LogP contribution is 2.41. The van der Waals surface area contributed by atoms with Crippen molar-refractivity contribution in [2.24, 2.45) is 4.99 Å². The number of aryl methyl sites for hydroxylation is 2. The number of aliphatic imine (C=N–C) groups is 1. The molecule has 1 atom stereocenters. The van der Waals surface area contributed by atoms with Gasteiger partial charge in [0.15, 0.2) is 0 Å². The zero-order valence-corrected chi connectivity index (χ0v) is 18.7. The van der Waals surface area contributed by atoms with Gasteiger partial charge in [0.1, 0.15) is 29.0 Å². The molecule has 3 heterocycles. The number of rotatable bonds is 7. The van der Waals surface area contributed by atoms with Crippen molar-refractivity contribution in [2.75, 3.05) is 29.9 Å². The highest BCUT2D eigenvalue weighted by atomic mass is 19.1. The van der Waals surface area contributed by atoms with Gasteiger partial charge in [-0.05, 0) is 45.4 Å². The van der Waals surface area contributed by atoms with Gasteiger partial charge in [0.25, 0.3) is 0 Å². The molecule has 8 nitrogen and oxygen atoms in total. The van der Waals surface area contributed by atoms with Gasteiger partial charge in [-0.1, -0.05) is 6.07 Å². The number of hydrogen-bond acceptors (Lipinski definition) is 7. The van der Waals surface area contributed by atoms with Crippen LogP contribution in [0.3, 0.4) is 0 Å². The maximum absolute atomic E-state index is 14.6. The molecule has 174 valence electrons. The minimum Gasteiger partial charge on any atom is -0.395 e. The Morgan fingerprint density at radius 2 is 1.88 bits per heavy atom. The summed E-state index contributed by atoms with van der Waals surface area (Å²) in [5.41, 5.74) is 3.13. The first-order chi connectivity index (χ1) is 15.8. The number of fused-ring (bicyclic) bond motifs is 3. The van der Waals surface area contributed by atoms with Crippen LogP contribution in [0.15, 0.2) is 29.3 Å². The standard InChI is InChI=1S/C23H26F2N6O2/c1-12(33)7-8-31(9-10-32)18-11-15-20(13(2)26-18)27-23(19-16(24)5-4-6-17(19)25)28-21-14(3)29-30-22(15)21/h4-6,11-12,32-33H,7-10H2,1-3H3,(H,27,28)(H,29,30). The molecule has 0 spiro atoms. The Labute approximate surface area is 190 Å². The second-order valence-electron chi connectivity index (χ2n) is 8.06. The summed E-state index contributed by atoms with van der Waals surface area (Å²) in [7, 11) is 0. The molecule has 0 bridgehead atoms. The maximum Gasteiger partial charge on any atom is 0.144 e. The quantitative estimate of drug-likeness (QED) is 0.434. The zero-order valence-electron chi connectivity index (χ0n) is 18.7. The molecule has 1 aliphatic heterocycles. The number of aliphatic hydroxyl groups excluding tert-OH is 2. The summed E-state index contributed by atoms with van der Waals surface area (Å²) < 4.78 is 29.2. The van der Waals surface area contributed by atoms with E-state index in [2.05, 4.69) is 25.5 Å². The molecule has 4 rings (SSSR count). The fourth-order valence-electron chi connectivity index (χ4n) is 3.81. The SMILES string of the molecule is Cc1nc(N(CCO)CCC(C)O)cc2c1N=C(c1c(F)cccc1F)Nc1c-2n[nH]c1C. The lowest BCUT2D eigenvalue weighted by atomic mass is 10.1. The van der Waals surface area contributed by atoms with E-state index >= 15 is 0 Å². The zero-order chi connectivity index (χ0) is 23.7. The molecule has 0 saturated carbocycles. The first-order valence-corrected chi connectivity index (χ1v) is 10.7. The van der Waals surface area contributed by atoms with Crippen molar-refractivity contribution in [3.63, 3.8) is 0 Å². The van der Waals surface area contributed by atoms with Crippen LogP contribution >= 0.6 is 0 Å². The largest absolute Gasteiger partial charge is 0.395 e. The van der Waals surface area contributed by atoms with Gasteiger partial charge >= 0.3 is 0 Å². The number of pyridine rings is 1. The van der Waals surface area contributed by atoms with Gasteiger partial charge in [-0.2, -0.15) is 5.10 Å². The van der Waals surface area contributed by atoms with Crippen molar-refractivity contribution in [3.05, 3.63) is 52.9 Å². The molecular formula is C23H26F2N6O2. The van der Waals surface area contributed by atoms with Crippen molar-refractivity contribution in [1.29, 1.82) is 0 Å². The van der Waals surface area contributed by atoms with Crippen LogP contribution in [0.2, 0.25) is 0 Å². The Balaban J connectivity index is 1.90. The number of aromatic nitrogens is 3. The van der Waals surface area contributed by atoms with Crippen LogP contribution < -0.4 is 10.2 Å². The molecular weight excluding hydrogens is 430 g/mol. The second-order valence-corrected chi connectivity index (χ2v) is 8.06. The number of hydrogen-bond donors (Lipinski definition) is 4. The Bertz CT molecular complexity index is 1190. The van der Waals surface area contributed by atoms with Crippen LogP contribution in [0, 0.1) is 25.5 Å². The lowest BCUT2D eigenvalue weighted by molar-refractivity contribution is 0.185.